The van der Waals surface area contributed by atoms with Crippen molar-refractivity contribution < 1.29 is 4.74 Å². The fraction of sp³-hybridized carbons (Fsp3) is 0.600. The lowest BCUT2D eigenvalue weighted by molar-refractivity contribution is 0.403. The molecule has 0 aromatic heterocycles. The molecular weight excluding hydrogens is 210 g/mol. The van der Waals surface area contributed by atoms with Gasteiger partial charge in [-0.25, -0.2) is 0 Å². The summed E-state index contributed by atoms with van der Waals surface area (Å²) < 4.78 is 5.38. The molecule has 0 saturated heterocycles. The van der Waals surface area contributed by atoms with Gasteiger partial charge in [-0.1, -0.05) is 25.1 Å². The highest BCUT2D eigenvalue weighted by molar-refractivity contribution is 5.33. The van der Waals surface area contributed by atoms with Crippen molar-refractivity contribution in [2.75, 3.05) is 13.7 Å². The molecule has 0 radical (unpaired) electrons. The van der Waals surface area contributed by atoms with Crippen molar-refractivity contribution in [3.8, 4) is 5.75 Å². The van der Waals surface area contributed by atoms with E-state index in [1.54, 1.807) is 7.11 Å². The number of methoxy groups -OCH3 is 1. The maximum absolute atomic E-state index is 5.38. The Morgan fingerprint density at radius 3 is 2.82 bits per heavy atom. The summed E-state index contributed by atoms with van der Waals surface area (Å²) in [7, 11) is 1.75. The summed E-state index contributed by atoms with van der Waals surface area (Å²) in [4.78, 5) is 0. The summed E-state index contributed by atoms with van der Waals surface area (Å²) in [5.41, 5.74) is 1.33. The summed E-state index contributed by atoms with van der Waals surface area (Å²) in [5, 5.41) is 3.57. The van der Waals surface area contributed by atoms with Gasteiger partial charge in [0.05, 0.1) is 7.11 Å². The second-order valence-electron chi connectivity index (χ2n) is 5.14. The minimum Gasteiger partial charge on any atom is -0.496 e. The Balaban J connectivity index is 1.77. The zero-order chi connectivity index (χ0) is 12.1. The summed E-state index contributed by atoms with van der Waals surface area (Å²) in [6.07, 6.45) is 5.10. The fourth-order valence-electron chi connectivity index (χ4n) is 2.17. The van der Waals surface area contributed by atoms with Crippen LogP contribution in [-0.4, -0.2) is 19.7 Å². The number of benzene rings is 1. The molecule has 1 atom stereocenters. The van der Waals surface area contributed by atoms with Crippen molar-refractivity contribution >= 4 is 0 Å². The average molecular weight is 233 g/mol. The molecule has 1 aromatic rings. The molecule has 1 unspecified atom stereocenters. The lowest BCUT2D eigenvalue weighted by Crippen LogP contribution is -2.20. The van der Waals surface area contributed by atoms with E-state index in [0.29, 0.717) is 5.92 Å². The molecule has 0 heterocycles. The largest absolute Gasteiger partial charge is 0.496 e. The SMILES string of the molecule is COc1ccccc1CC(C)CCNC1CC1. The summed E-state index contributed by atoms with van der Waals surface area (Å²) in [5.74, 6) is 1.73. The summed E-state index contributed by atoms with van der Waals surface area (Å²) >= 11 is 0. The number of hydrogen-bond acceptors (Lipinski definition) is 2. The molecule has 2 nitrogen and oxygen atoms in total. The Bertz CT molecular complexity index is 347. The molecular formula is C15H23NO. The summed E-state index contributed by atoms with van der Waals surface area (Å²) in [6.45, 7) is 3.47. The highest BCUT2D eigenvalue weighted by Crippen LogP contribution is 2.22. The van der Waals surface area contributed by atoms with Crippen LogP contribution >= 0.6 is 0 Å². The third-order valence-electron chi connectivity index (χ3n) is 3.41. The van der Waals surface area contributed by atoms with Gasteiger partial charge in [-0.3, -0.25) is 0 Å². The maximum atomic E-state index is 5.38. The predicted molar refractivity (Wildman–Crippen MR) is 71.5 cm³/mol. The molecule has 1 fully saturated rings. The number of rotatable bonds is 7. The van der Waals surface area contributed by atoms with Gasteiger partial charge in [0.25, 0.3) is 0 Å². The number of nitrogens with one attached hydrogen (secondary N) is 1. The van der Waals surface area contributed by atoms with Crippen LogP contribution in [0.15, 0.2) is 24.3 Å². The first-order valence-corrected chi connectivity index (χ1v) is 6.65. The monoisotopic (exact) mass is 233 g/mol. The Morgan fingerprint density at radius 2 is 2.12 bits per heavy atom. The van der Waals surface area contributed by atoms with Gasteiger partial charge >= 0.3 is 0 Å². The highest BCUT2D eigenvalue weighted by Gasteiger charge is 2.20. The molecule has 2 heteroatoms. The van der Waals surface area contributed by atoms with Gasteiger partial charge in [0.15, 0.2) is 0 Å². The van der Waals surface area contributed by atoms with Crippen molar-refractivity contribution in [3.05, 3.63) is 29.8 Å². The normalized spacial score (nSPS) is 16.8. The molecule has 1 aromatic carbocycles. The van der Waals surface area contributed by atoms with E-state index in [2.05, 4.69) is 24.4 Å². The van der Waals surface area contributed by atoms with E-state index in [1.807, 2.05) is 12.1 Å². The molecule has 0 aliphatic heterocycles. The first-order chi connectivity index (χ1) is 8.29. The van der Waals surface area contributed by atoms with Crippen LogP contribution in [0.3, 0.4) is 0 Å². The second kappa shape index (κ2) is 6.06. The van der Waals surface area contributed by atoms with Gasteiger partial charge in [-0.2, -0.15) is 0 Å². The zero-order valence-corrected chi connectivity index (χ0v) is 10.9. The minimum atomic E-state index is 0.706. The third kappa shape index (κ3) is 4.04. The standard InChI is InChI=1S/C15H23NO/c1-12(9-10-16-14-7-8-14)11-13-5-3-4-6-15(13)17-2/h3-6,12,14,16H,7-11H2,1-2H3. The molecule has 0 spiro atoms. The lowest BCUT2D eigenvalue weighted by Gasteiger charge is -2.14. The van der Waals surface area contributed by atoms with Gasteiger partial charge in [0, 0.05) is 6.04 Å². The topological polar surface area (TPSA) is 21.3 Å². The molecule has 1 saturated carbocycles. The van der Waals surface area contributed by atoms with E-state index in [0.717, 1.165) is 24.8 Å². The van der Waals surface area contributed by atoms with E-state index in [-0.39, 0.29) is 0 Å². The van der Waals surface area contributed by atoms with Crippen molar-refractivity contribution in [2.45, 2.75) is 38.6 Å². The highest BCUT2D eigenvalue weighted by atomic mass is 16.5. The smallest absolute Gasteiger partial charge is 0.122 e. The Morgan fingerprint density at radius 1 is 1.35 bits per heavy atom. The van der Waals surface area contributed by atoms with Crippen LogP contribution in [0.1, 0.15) is 31.7 Å². The van der Waals surface area contributed by atoms with Crippen LogP contribution in [0.5, 0.6) is 5.75 Å². The zero-order valence-electron chi connectivity index (χ0n) is 10.9. The fourth-order valence-corrected chi connectivity index (χ4v) is 2.17. The van der Waals surface area contributed by atoms with Crippen LogP contribution in [0.25, 0.3) is 0 Å². The number of ether oxygens (including phenoxy) is 1. The van der Waals surface area contributed by atoms with E-state index >= 15 is 0 Å². The van der Waals surface area contributed by atoms with Crippen molar-refractivity contribution in [1.82, 2.24) is 5.32 Å². The van der Waals surface area contributed by atoms with Crippen molar-refractivity contribution in [1.29, 1.82) is 0 Å². The molecule has 0 bridgehead atoms. The minimum absolute atomic E-state index is 0.706. The molecule has 2 rings (SSSR count). The third-order valence-corrected chi connectivity index (χ3v) is 3.41. The van der Waals surface area contributed by atoms with Crippen LogP contribution in [0.2, 0.25) is 0 Å². The van der Waals surface area contributed by atoms with E-state index < -0.39 is 0 Å². The van der Waals surface area contributed by atoms with Crippen molar-refractivity contribution in [3.63, 3.8) is 0 Å². The first kappa shape index (κ1) is 12.4. The summed E-state index contributed by atoms with van der Waals surface area (Å²) in [6, 6.07) is 9.16. The maximum Gasteiger partial charge on any atom is 0.122 e. The van der Waals surface area contributed by atoms with Crippen LogP contribution < -0.4 is 10.1 Å². The van der Waals surface area contributed by atoms with Crippen LogP contribution in [-0.2, 0) is 6.42 Å². The van der Waals surface area contributed by atoms with Gasteiger partial charge in [0.2, 0.25) is 0 Å². The molecule has 1 aliphatic rings. The van der Waals surface area contributed by atoms with Crippen LogP contribution in [0.4, 0.5) is 0 Å². The molecule has 0 amide bonds. The van der Waals surface area contributed by atoms with Gasteiger partial charge in [0.1, 0.15) is 5.75 Å². The Labute approximate surface area is 104 Å². The molecule has 94 valence electrons. The van der Waals surface area contributed by atoms with E-state index in [4.69, 9.17) is 4.74 Å². The van der Waals surface area contributed by atoms with Crippen molar-refractivity contribution in [2.24, 2.45) is 5.92 Å². The lowest BCUT2D eigenvalue weighted by atomic mass is 9.97. The Kier molecular flexibility index (Phi) is 4.43. The average Bonchev–Trinajstić information content (AvgIpc) is 3.14. The van der Waals surface area contributed by atoms with E-state index in [1.165, 1.54) is 24.8 Å². The van der Waals surface area contributed by atoms with Crippen LogP contribution in [0, 0.1) is 5.92 Å². The predicted octanol–water partition coefficient (Wildman–Crippen LogP) is 3.02. The van der Waals surface area contributed by atoms with E-state index in [9.17, 15) is 0 Å². The molecule has 17 heavy (non-hydrogen) atoms. The Hall–Kier alpha value is -1.02. The second-order valence-corrected chi connectivity index (χ2v) is 5.14. The number of para-hydroxylation sites is 1. The molecule has 1 aliphatic carbocycles. The van der Waals surface area contributed by atoms with Gasteiger partial charge in [-0.15, -0.1) is 0 Å². The van der Waals surface area contributed by atoms with Gasteiger partial charge < -0.3 is 10.1 Å². The van der Waals surface area contributed by atoms with Gasteiger partial charge in [-0.05, 0) is 49.8 Å². The molecule has 1 N–H and O–H groups in total. The quantitative estimate of drug-likeness (QED) is 0.781. The first-order valence-electron chi connectivity index (χ1n) is 6.65. The number of hydrogen-bond donors (Lipinski definition) is 1.